The van der Waals surface area contributed by atoms with Crippen molar-refractivity contribution in [1.82, 2.24) is 9.97 Å². The van der Waals surface area contributed by atoms with E-state index in [0.29, 0.717) is 0 Å². The average molecular weight is 261 g/mol. The van der Waals surface area contributed by atoms with Gasteiger partial charge in [0.1, 0.15) is 5.82 Å². The van der Waals surface area contributed by atoms with Crippen molar-refractivity contribution in [2.45, 2.75) is 34.1 Å². The normalized spacial score (nSPS) is 10.7. The number of aryl methyl sites for hydroxylation is 2. The first kappa shape index (κ1) is 13.0. The highest BCUT2D eigenvalue weighted by atomic mass is 32.1. The molecule has 0 bridgehead atoms. The number of nitrogens with one attached hydrogen (secondary N) is 1. The Kier molecular flexibility index (Phi) is 3.97. The smallest absolute Gasteiger partial charge is 0.171 e. The van der Waals surface area contributed by atoms with E-state index < -0.39 is 0 Å². The Hall–Kier alpha value is -1.42. The zero-order valence-electron chi connectivity index (χ0n) is 11.4. The lowest BCUT2D eigenvalue weighted by atomic mass is 10.2. The molecule has 0 aliphatic rings. The monoisotopic (exact) mass is 261 g/mol. The molecule has 0 aliphatic heterocycles. The molecule has 96 valence electrons. The number of thiophene rings is 1. The molecule has 0 radical (unpaired) electrons. The van der Waals surface area contributed by atoms with Crippen molar-refractivity contribution in [3.05, 3.63) is 28.3 Å². The molecule has 0 aliphatic carbocycles. The van der Waals surface area contributed by atoms with E-state index in [1.807, 2.05) is 6.92 Å². The van der Waals surface area contributed by atoms with E-state index in [1.54, 1.807) is 11.3 Å². The first-order valence-electron chi connectivity index (χ1n) is 6.33. The summed E-state index contributed by atoms with van der Waals surface area (Å²) in [4.78, 5) is 11.7. The molecule has 0 saturated carbocycles. The second-order valence-corrected chi connectivity index (χ2v) is 5.42. The molecule has 2 rings (SSSR count). The highest BCUT2D eigenvalue weighted by molar-refractivity contribution is 7.15. The summed E-state index contributed by atoms with van der Waals surface area (Å²) < 4.78 is 0. The van der Waals surface area contributed by atoms with Crippen molar-refractivity contribution < 1.29 is 0 Å². The quantitative estimate of drug-likeness (QED) is 0.909. The Morgan fingerprint density at radius 3 is 2.56 bits per heavy atom. The fourth-order valence-corrected chi connectivity index (χ4v) is 2.65. The zero-order valence-corrected chi connectivity index (χ0v) is 12.2. The Bertz CT molecular complexity index is 546. The molecule has 3 nitrogen and oxygen atoms in total. The lowest BCUT2D eigenvalue weighted by Gasteiger charge is -2.10. The van der Waals surface area contributed by atoms with Crippen LogP contribution in [0, 0.1) is 13.8 Å². The van der Waals surface area contributed by atoms with E-state index in [4.69, 9.17) is 0 Å². The van der Waals surface area contributed by atoms with Crippen molar-refractivity contribution >= 4 is 17.2 Å². The number of rotatable bonds is 4. The van der Waals surface area contributed by atoms with E-state index in [1.165, 1.54) is 4.88 Å². The predicted octanol–water partition coefficient (Wildman–Crippen LogP) is 3.82. The summed E-state index contributed by atoms with van der Waals surface area (Å²) in [7, 11) is 0. The maximum absolute atomic E-state index is 4.63. The minimum atomic E-state index is 0.832. The van der Waals surface area contributed by atoms with Crippen molar-refractivity contribution in [2.75, 3.05) is 11.9 Å². The third-order valence-corrected chi connectivity index (χ3v) is 4.19. The molecule has 1 N–H and O–H groups in total. The van der Waals surface area contributed by atoms with E-state index in [9.17, 15) is 0 Å². The lowest BCUT2D eigenvalue weighted by Crippen LogP contribution is -2.05. The highest BCUT2D eigenvalue weighted by Gasteiger charge is 2.10. The number of nitrogens with zero attached hydrogens (tertiary/aromatic N) is 2. The standard InChI is InChI=1S/C14H19N3S/c1-5-11-7-8-12(18-11)14-16-10(4)9(3)13(17-14)15-6-2/h7-8H,5-6H2,1-4H3,(H,15,16,17). The maximum Gasteiger partial charge on any atom is 0.171 e. The van der Waals surface area contributed by atoms with E-state index >= 15 is 0 Å². The van der Waals surface area contributed by atoms with Crippen LogP contribution in [-0.4, -0.2) is 16.5 Å². The van der Waals surface area contributed by atoms with E-state index in [-0.39, 0.29) is 0 Å². The minimum absolute atomic E-state index is 0.832. The van der Waals surface area contributed by atoms with Gasteiger partial charge < -0.3 is 5.32 Å². The summed E-state index contributed by atoms with van der Waals surface area (Å²) in [6, 6.07) is 4.27. The van der Waals surface area contributed by atoms with Crippen molar-refractivity contribution in [3.8, 4) is 10.7 Å². The lowest BCUT2D eigenvalue weighted by molar-refractivity contribution is 1.05. The van der Waals surface area contributed by atoms with E-state index in [0.717, 1.165) is 40.7 Å². The van der Waals surface area contributed by atoms with Gasteiger partial charge in [0.15, 0.2) is 5.82 Å². The van der Waals surface area contributed by atoms with Crippen LogP contribution in [0.5, 0.6) is 0 Å². The van der Waals surface area contributed by atoms with Crippen LogP contribution in [-0.2, 0) is 6.42 Å². The summed E-state index contributed by atoms with van der Waals surface area (Å²) in [6.45, 7) is 9.22. The Morgan fingerprint density at radius 2 is 1.94 bits per heavy atom. The molecule has 0 amide bonds. The van der Waals surface area contributed by atoms with Gasteiger partial charge in [-0.3, -0.25) is 0 Å². The van der Waals surface area contributed by atoms with Gasteiger partial charge in [-0.2, -0.15) is 0 Å². The average Bonchev–Trinajstić information content (AvgIpc) is 2.83. The van der Waals surface area contributed by atoms with Crippen LogP contribution >= 0.6 is 11.3 Å². The first-order valence-corrected chi connectivity index (χ1v) is 7.15. The van der Waals surface area contributed by atoms with Crippen molar-refractivity contribution in [1.29, 1.82) is 0 Å². The first-order chi connectivity index (χ1) is 8.65. The van der Waals surface area contributed by atoms with Crippen LogP contribution in [0.1, 0.15) is 30.0 Å². The molecular weight excluding hydrogens is 242 g/mol. The molecule has 4 heteroatoms. The van der Waals surface area contributed by atoms with Gasteiger partial charge in [-0.15, -0.1) is 11.3 Å². The van der Waals surface area contributed by atoms with Gasteiger partial charge in [0.05, 0.1) is 4.88 Å². The largest absolute Gasteiger partial charge is 0.370 e. The predicted molar refractivity (Wildman–Crippen MR) is 78.4 cm³/mol. The molecule has 0 unspecified atom stereocenters. The van der Waals surface area contributed by atoms with E-state index in [2.05, 4.69) is 48.2 Å². The van der Waals surface area contributed by atoms with Crippen LogP contribution in [0.15, 0.2) is 12.1 Å². The number of aromatic nitrogens is 2. The topological polar surface area (TPSA) is 37.8 Å². The molecule has 2 aromatic rings. The second kappa shape index (κ2) is 5.48. The van der Waals surface area contributed by atoms with Crippen LogP contribution in [0.2, 0.25) is 0 Å². The molecule has 0 fully saturated rings. The molecule has 18 heavy (non-hydrogen) atoms. The van der Waals surface area contributed by atoms with Gasteiger partial charge >= 0.3 is 0 Å². The van der Waals surface area contributed by atoms with Gasteiger partial charge in [0.2, 0.25) is 0 Å². The Morgan fingerprint density at radius 1 is 1.17 bits per heavy atom. The Labute approximate surface area is 112 Å². The fourth-order valence-electron chi connectivity index (χ4n) is 1.77. The van der Waals surface area contributed by atoms with Crippen molar-refractivity contribution in [2.24, 2.45) is 0 Å². The van der Waals surface area contributed by atoms with Crippen LogP contribution in [0.4, 0.5) is 5.82 Å². The molecule has 0 saturated heterocycles. The molecular formula is C14H19N3S. The molecule has 0 atom stereocenters. The molecule has 2 heterocycles. The third kappa shape index (κ3) is 2.53. The van der Waals surface area contributed by atoms with Gasteiger partial charge in [-0.05, 0) is 39.3 Å². The Balaban J connectivity index is 2.44. The summed E-state index contributed by atoms with van der Waals surface area (Å²) in [5.41, 5.74) is 2.18. The number of anilines is 1. The summed E-state index contributed by atoms with van der Waals surface area (Å²) in [5.74, 6) is 1.78. The van der Waals surface area contributed by atoms with Gasteiger partial charge in [0, 0.05) is 22.7 Å². The highest BCUT2D eigenvalue weighted by Crippen LogP contribution is 2.28. The molecule has 0 aromatic carbocycles. The van der Waals surface area contributed by atoms with Crippen LogP contribution in [0.3, 0.4) is 0 Å². The van der Waals surface area contributed by atoms with Crippen LogP contribution < -0.4 is 5.32 Å². The summed E-state index contributed by atoms with van der Waals surface area (Å²) in [5, 5.41) is 3.30. The summed E-state index contributed by atoms with van der Waals surface area (Å²) in [6.07, 6.45) is 1.07. The minimum Gasteiger partial charge on any atom is -0.370 e. The third-order valence-electron chi connectivity index (χ3n) is 2.96. The van der Waals surface area contributed by atoms with Gasteiger partial charge in [-0.25, -0.2) is 9.97 Å². The van der Waals surface area contributed by atoms with Crippen molar-refractivity contribution in [3.63, 3.8) is 0 Å². The molecule has 0 spiro atoms. The SMILES string of the molecule is CCNc1nc(-c2ccc(CC)s2)nc(C)c1C. The fraction of sp³-hybridized carbons (Fsp3) is 0.429. The zero-order chi connectivity index (χ0) is 13.1. The van der Waals surface area contributed by atoms with Crippen LogP contribution in [0.25, 0.3) is 10.7 Å². The summed E-state index contributed by atoms with van der Waals surface area (Å²) >= 11 is 1.77. The second-order valence-electron chi connectivity index (χ2n) is 4.26. The van der Waals surface area contributed by atoms with Gasteiger partial charge in [0.25, 0.3) is 0 Å². The molecule has 2 aromatic heterocycles. The number of hydrogen-bond donors (Lipinski definition) is 1. The maximum atomic E-state index is 4.63. The van der Waals surface area contributed by atoms with Gasteiger partial charge in [-0.1, -0.05) is 6.92 Å². The number of hydrogen-bond acceptors (Lipinski definition) is 4.